The lowest BCUT2D eigenvalue weighted by Crippen LogP contribution is -2.38. The van der Waals surface area contributed by atoms with Gasteiger partial charge in [-0.25, -0.2) is 4.39 Å². The van der Waals surface area contributed by atoms with Crippen molar-refractivity contribution in [1.29, 1.82) is 0 Å². The van der Waals surface area contributed by atoms with Gasteiger partial charge in [-0.05, 0) is 43.2 Å². The summed E-state index contributed by atoms with van der Waals surface area (Å²) in [4.78, 5) is 13.1. The van der Waals surface area contributed by atoms with Crippen molar-refractivity contribution in [2.75, 3.05) is 5.75 Å². The number of aryl methyl sites for hydroxylation is 1. The molecule has 0 spiro atoms. The number of thioether (sulfide) groups is 1. The molecule has 0 saturated carbocycles. The normalized spacial score (nSPS) is 13.4. The molecule has 23 heavy (non-hydrogen) atoms. The molecule has 0 fully saturated rings. The Bertz CT molecular complexity index is 660. The number of carbonyl (C=O) groups is 1. The second-order valence-electron chi connectivity index (χ2n) is 5.41. The number of halogens is 1. The Kier molecular flexibility index (Phi) is 6.19. The Hall–Kier alpha value is -1.85. The van der Waals surface area contributed by atoms with E-state index in [1.54, 1.807) is 6.92 Å². The predicted octanol–water partition coefficient (Wildman–Crippen LogP) is 3.46. The van der Waals surface area contributed by atoms with Gasteiger partial charge >= 0.3 is 0 Å². The standard InChI is InChI=1S/C18H20FNO2S/c1-12-5-3-4-6-16(12)23-11-17(21)20-13(2)18(22)14-7-9-15(19)10-8-14/h3-10,13,18,22H,11H2,1-2H3,(H,20,21). The smallest absolute Gasteiger partial charge is 0.230 e. The Balaban J connectivity index is 1.87. The van der Waals surface area contributed by atoms with E-state index < -0.39 is 12.1 Å². The zero-order chi connectivity index (χ0) is 16.8. The molecule has 2 rings (SSSR count). The third kappa shape index (κ3) is 5.08. The molecule has 2 unspecified atom stereocenters. The van der Waals surface area contributed by atoms with E-state index >= 15 is 0 Å². The number of amides is 1. The highest BCUT2D eigenvalue weighted by Crippen LogP contribution is 2.22. The van der Waals surface area contributed by atoms with Gasteiger partial charge in [-0.2, -0.15) is 0 Å². The van der Waals surface area contributed by atoms with Gasteiger partial charge in [0, 0.05) is 4.90 Å². The molecule has 0 aromatic heterocycles. The molecular weight excluding hydrogens is 313 g/mol. The van der Waals surface area contributed by atoms with Gasteiger partial charge in [-0.15, -0.1) is 11.8 Å². The first-order valence-electron chi connectivity index (χ1n) is 7.38. The largest absolute Gasteiger partial charge is 0.386 e. The first-order chi connectivity index (χ1) is 11.0. The van der Waals surface area contributed by atoms with Crippen molar-refractivity contribution in [3.8, 4) is 0 Å². The van der Waals surface area contributed by atoms with Gasteiger partial charge in [-0.1, -0.05) is 30.3 Å². The number of rotatable bonds is 6. The fourth-order valence-corrected chi connectivity index (χ4v) is 3.03. The lowest BCUT2D eigenvalue weighted by Gasteiger charge is -2.20. The molecule has 3 nitrogen and oxygen atoms in total. The van der Waals surface area contributed by atoms with E-state index in [2.05, 4.69) is 5.32 Å². The Labute approximate surface area is 139 Å². The minimum absolute atomic E-state index is 0.146. The molecule has 2 aromatic carbocycles. The van der Waals surface area contributed by atoms with Crippen molar-refractivity contribution in [2.24, 2.45) is 0 Å². The zero-order valence-corrected chi connectivity index (χ0v) is 13.9. The van der Waals surface area contributed by atoms with Crippen LogP contribution in [0.15, 0.2) is 53.4 Å². The van der Waals surface area contributed by atoms with Crippen LogP contribution in [-0.2, 0) is 4.79 Å². The fraction of sp³-hybridized carbons (Fsp3) is 0.278. The van der Waals surface area contributed by atoms with Crippen LogP contribution in [0.2, 0.25) is 0 Å². The van der Waals surface area contributed by atoms with Crippen LogP contribution in [0.1, 0.15) is 24.2 Å². The summed E-state index contributed by atoms with van der Waals surface area (Å²) in [5, 5.41) is 13.0. The highest BCUT2D eigenvalue weighted by molar-refractivity contribution is 8.00. The molecule has 0 aliphatic rings. The Morgan fingerprint density at radius 1 is 1.22 bits per heavy atom. The Morgan fingerprint density at radius 2 is 1.87 bits per heavy atom. The van der Waals surface area contributed by atoms with Crippen LogP contribution in [0, 0.1) is 12.7 Å². The quantitative estimate of drug-likeness (QED) is 0.796. The van der Waals surface area contributed by atoms with Gasteiger partial charge in [0.2, 0.25) is 5.91 Å². The van der Waals surface area contributed by atoms with Crippen molar-refractivity contribution in [2.45, 2.75) is 30.9 Å². The first kappa shape index (κ1) is 17.5. The van der Waals surface area contributed by atoms with Crippen molar-refractivity contribution in [1.82, 2.24) is 5.32 Å². The summed E-state index contributed by atoms with van der Waals surface area (Å²) in [6, 6.07) is 13.0. The third-order valence-corrected chi connectivity index (χ3v) is 4.70. The molecule has 2 N–H and O–H groups in total. The van der Waals surface area contributed by atoms with Crippen LogP contribution < -0.4 is 5.32 Å². The summed E-state index contributed by atoms with van der Waals surface area (Å²) in [5.41, 5.74) is 1.70. The molecule has 2 atom stereocenters. The number of hydrogen-bond donors (Lipinski definition) is 2. The summed E-state index contributed by atoms with van der Waals surface area (Å²) < 4.78 is 12.9. The predicted molar refractivity (Wildman–Crippen MR) is 90.9 cm³/mol. The average Bonchev–Trinajstić information content (AvgIpc) is 2.54. The molecule has 5 heteroatoms. The maximum atomic E-state index is 12.9. The fourth-order valence-electron chi connectivity index (χ4n) is 2.18. The molecule has 0 radical (unpaired) electrons. The summed E-state index contributed by atoms with van der Waals surface area (Å²) in [6.07, 6.45) is -0.872. The number of aliphatic hydroxyl groups is 1. The third-order valence-electron chi connectivity index (χ3n) is 3.53. The molecular formula is C18H20FNO2S. The molecule has 0 heterocycles. The zero-order valence-electron chi connectivity index (χ0n) is 13.1. The van der Waals surface area contributed by atoms with Crippen LogP contribution in [0.4, 0.5) is 4.39 Å². The van der Waals surface area contributed by atoms with Crippen LogP contribution in [-0.4, -0.2) is 22.8 Å². The minimum Gasteiger partial charge on any atom is -0.386 e. The molecule has 1 amide bonds. The summed E-state index contributed by atoms with van der Waals surface area (Å²) in [5.74, 6) is -0.218. The van der Waals surface area contributed by atoms with Gasteiger partial charge in [0.05, 0.1) is 17.9 Å². The Morgan fingerprint density at radius 3 is 2.52 bits per heavy atom. The lowest BCUT2D eigenvalue weighted by molar-refractivity contribution is -0.119. The topological polar surface area (TPSA) is 49.3 Å². The molecule has 0 aliphatic carbocycles. The van der Waals surface area contributed by atoms with Crippen molar-refractivity contribution in [3.63, 3.8) is 0 Å². The minimum atomic E-state index is -0.872. The van der Waals surface area contributed by atoms with Gasteiger partial charge in [0.25, 0.3) is 0 Å². The molecule has 0 saturated heterocycles. The van der Waals surface area contributed by atoms with E-state index in [9.17, 15) is 14.3 Å². The van der Waals surface area contributed by atoms with E-state index in [4.69, 9.17) is 0 Å². The van der Waals surface area contributed by atoms with E-state index in [0.29, 0.717) is 5.56 Å². The van der Waals surface area contributed by atoms with Gasteiger partial charge < -0.3 is 10.4 Å². The van der Waals surface area contributed by atoms with E-state index in [0.717, 1.165) is 10.5 Å². The first-order valence-corrected chi connectivity index (χ1v) is 8.37. The average molecular weight is 333 g/mol. The second kappa shape index (κ2) is 8.13. The number of hydrogen-bond acceptors (Lipinski definition) is 3. The van der Waals surface area contributed by atoms with E-state index in [-0.39, 0.29) is 17.5 Å². The summed E-state index contributed by atoms with van der Waals surface area (Å²) >= 11 is 1.46. The SMILES string of the molecule is Cc1ccccc1SCC(=O)NC(C)C(O)c1ccc(F)cc1. The van der Waals surface area contributed by atoms with Crippen molar-refractivity contribution < 1.29 is 14.3 Å². The number of carbonyl (C=O) groups excluding carboxylic acids is 1. The van der Waals surface area contributed by atoms with Gasteiger partial charge in [0.15, 0.2) is 0 Å². The highest BCUT2D eigenvalue weighted by atomic mass is 32.2. The number of aliphatic hydroxyl groups excluding tert-OH is 1. The monoisotopic (exact) mass is 333 g/mol. The summed E-state index contributed by atoms with van der Waals surface area (Å²) in [6.45, 7) is 3.73. The van der Waals surface area contributed by atoms with Crippen molar-refractivity contribution >= 4 is 17.7 Å². The van der Waals surface area contributed by atoms with E-state index in [1.807, 2.05) is 31.2 Å². The van der Waals surface area contributed by atoms with E-state index in [1.165, 1.54) is 36.0 Å². The van der Waals surface area contributed by atoms with Gasteiger partial charge in [0.1, 0.15) is 5.82 Å². The second-order valence-corrected chi connectivity index (χ2v) is 6.42. The van der Waals surface area contributed by atoms with Gasteiger partial charge in [-0.3, -0.25) is 4.79 Å². The number of benzene rings is 2. The molecule has 2 aromatic rings. The molecule has 122 valence electrons. The van der Waals surface area contributed by atoms with Crippen LogP contribution in [0.5, 0.6) is 0 Å². The number of nitrogens with one attached hydrogen (secondary N) is 1. The van der Waals surface area contributed by atoms with Crippen LogP contribution in [0.3, 0.4) is 0 Å². The highest BCUT2D eigenvalue weighted by Gasteiger charge is 2.18. The van der Waals surface area contributed by atoms with Crippen molar-refractivity contribution in [3.05, 3.63) is 65.5 Å². The molecule has 0 aliphatic heterocycles. The lowest BCUT2D eigenvalue weighted by atomic mass is 10.0. The maximum absolute atomic E-state index is 12.9. The maximum Gasteiger partial charge on any atom is 0.230 e. The van der Waals surface area contributed by atoms with Crippen LogP contribution >= 0.6 is 11.8 Å². The van der Waals surface area contributed by atoms with Crippen LogP contribution in [0.25, 0.3) is 0 Å². The summed E-state index contributed by atoms with van der Waals surface area (Å²) in [7, 11) is 0. The molecule has 0 bridgehead atoms.